The molecule has 7 heteroatoms. The van der Waals surface area contributed by atoms with E-state index in [4.69, 9.17) is 17.5 Å². The van der Waals surface area contributed by atoms with Crippen LogP contribution in [0.5, 0.6) is 5.75 Å². The summed E-state index contributed by atoms with van der Waals surface area (Å²) in [6.45, 7) is 2.23. The Balaban J connectivity index is 0. The summed E-state index contributed by atoms with van der Waals surface area (Å²) < 4.78 is 31.6. The molecule has 0 bridgehead atoms. The molecule has 5 nitrogen and oxygen atoms in total. The molecule has 116 valence electrons. The van der Waals surface area contributed by atoms with Gasteiger partial charge in [-0.2, -0.15) is 8.42 Å². The fourth-order valence-corrected chi connectivity index (χ4v) is 1.81. The number of hydrogen-bond acceptors (Lipinski definition) is 3. The average Bonchev–Trinajstić information content (AvgIpc) is 2.33. The first kappa shape index (κ1) is 23.2. The smallest absolute Gasteiger partial charge is 0.872 e. The van der Waals surface area contributed by atoms with E-state index in [0.717, 1.165) is 18.4 Å². The van der Waals surface area contributed by atoms with E-state index in [-0.39, 0.29) is 35.3 Å². The summed E-state index contributed by atoms with van der Waals surface area (Å²) in [6.07, 6.45) is 8.66. The van der Waals surface area contributed by atoms with Crippen LogP contribution in [0.3, 0.4) is 0 Å². The van der Waals surface area contributed by atoms with E-state index in [1.165, 1.54) is 32.1 Å². The molecule has 0 unspecified atom stereocenters. The first-order chi connectivity index (χ1) is 9.34. The Morgan fingerprint density at radius 3 is 2.00 bits per heavy atom. The summed E-state index contributed by atoms with van der Waals surface area (Å²) >= 11 is 0. The van der Waals surface area contributed by atoms with Crippen LogP contribution in [0.4, 0.5) is 0 Å². The van der Waals surface area contributed by atoms with Gasteiger partial charge in [0.1, 0.15) is 0 Å². The second-order valence-corrected chi connectivity index (χ2v) is 5.47. The first-order valence-corrected chi connectivity index (χ1v) is 8.19. The molecule has 1 rings (SSSR count). The largest absolute Gasteiger partial charge is 1.00 e. The fourth-order valence-electron chi connectivity index (χ4n) is 1.81. The van der Waals surface area contributed by atoms with Gasteiger partial charge in [0.2, 0.25) is 0 Å². The Kier molecular flexibility index (Phi) is 14.9. The third-order valence-corrected chi connectivity index (χ3v) is 2.77. The Labute approximate surface area is 149 Å². The molecule has 0 aliphatic rings. The minimum absolute atomic E-state index is 0. The standard InChI is InChI=1S/C14H22O.Na.H2O4S/c1-2-3-4-5-6-7-10-13-11-8-9-12-14(13)15;;1-5(2,3)4/h8-9,11-12,15H,2-7,10H2,1H3;;(H2,1,2,3,4)/q;+1;/p-1. The van der Waals surface area contributed by atoms with Crippen molar-refractivity contribution in [1.29, 1.82) is 0 Å². The van der Waals surface area contributed by atoms with E-state index in [9.17, 15) is 5.11 Å². The van der Waals surface area contributed by atoms with Gasteiger partial charge in [0, 0.05) is 0 Å². The number of para-hydroxylation sites is 1. The van der Waals surface area contributed by atoms with Gasteiger partial charge < -0.3 is 5.11 Å². The zero-order chi connectivity index (χ0) is 15.4. The van der Waals surface area contributed by atoms with Crippen LogP contribution in [0, 0.1) is 0 Å². The van der Waals surface area contributed by atoms with Gasteiger partial charge in [0.05, 0.1) is 0 Å². The normalized spacial score (nSPS) is 10.2. The molecule has 0 saturated heterocycles. The molecular weight excluding hydrogens is 303 g/mol. The summed E-state index contributed by atoms with van der Waals surface area (Å²) in [7, 11) is -4.67. The van der Waals surface area contributed by atoms with Crippen molar-refractivity contribution in [1.82, 2.24) is 0 Å². The van der Waals surface area contributed by atoms with Crippen LogP contribution in [0.25, 0.3) is 0 Å². The van der Waals surface area contributed by atoms with Gasteiger partial charge in [0.25, 0.3) is 0 Å². The van der Waals surface area contributed by atoms with Gasteiger partial charge in [-0.1, -0.05) is 68.9 Å². The van der Waals surface area contributed by atoms with E-state index in [0.29, 0.717) is 0 Å². The van der Waals surface area contributed by atoms with E-state index in [1.54, 1.807) is 6.07 Å². The maximum Gasteiger partial charge on any atom is 1.00 e. The summed E-state index contributed by atoms with van der Waals surface area (Å²) in [5, 5.41) is 11.4. The van der Waals surface area contributed by atoms with E-state index >= 15 is 0 Å². The van der Waals surface area contributed by atoms with Crippen LogP contribution >= 0.6 is 0 Å². The van der Waals surface area contributed by atoms with Crippen LogP contribution in [0.1, 0.15) is 51.0 Å². The average molecular weight is 326 g/mol. The molecule has 0 saturated carbocycles. The van der Waals surface area contributed by atoms with Gasteiger partial charge >= 0.3 is 40.0 Å². The molecule has 0 aromatic heterocycles. The molecular formula is C14H23NaO5S. The van der Waals surface area contributed by atoms with Crippen LogP contribution in [0.2, 0.25) is 0 Å². The third-order valence-electron chi connectivity index (χ3n) is 2.77. The summed E-state index contributed by atoms with van der Waals surface area (Å²) in [5.41, 5.74) is 0.980. The summed E-state index contributed by atoms with van der Waals surface area (Å²) in [5.74, 6) is 0.200. The summed E-state index contributed by atoms with van der Waals surface area (Å²) in [4.78, 5) is 0. The number of unbranched alkanes of at least 4 members (excludes halogenated alkanes) is 5. The molecule has 0 amide bonds. The van der Waals surface area contributed by atoms with Gasteiger partial charge in [0.15, 0.2) is 0 Å². The van der Waals surface area contributed by atoms with Crippen molar-refractivity contribution in [2.45, 2.75) is 51.9 Å². The molecule has 0 radical (unpaired) electrons. The third kappa shape index (κ3) is 17.8. The van der Waals surface area contributed by atoms with Crippen LogP contribution in [-0.2, 0) is 16.8 Å². The second-order valence-electron chi connectivity index (χ2n) is 4.57. The molecule has 0 spiro atoms. The zero-order valence-electron chi connectivity index (χ0n) is 12.8. The fraction of sp³-hybridized carbons (Fsp3) is 0.571. The second kappa shape index (κ2) is 13.5. The Bertz CT molecular complexity index is 454. The van der Waals surface area contributed by atoms with Gasteiger partial charge in [-0.25, -0.2) is 0 Å². The predicted octanol–water partition coefficient (Wildman–Crippen LogP) is 0.0144. The quantitative estimate of drug-likeness (QED) is 0.418. The number of benzene rings is 1. The minimum atomic E-state index is -4.67. The monoisotopic (exact) mass is 326 g/mol. The van der Waals surface area contributed by atoms with Gasteiger partial charge in [-0.15, -0.1) is 5.75 Å². The number of hydrogen-bond donors (Lipinski definition) is 2. The zero-order valence-corrected chi connectivity index (χ0v) is 15.6. The summed E-state index contributed by atoms with van der Waals surface area (Å²) in [6, 6.07) is 7.38. The van der Waals surface area contributed by atoms with E-state index < -0.39 is 10.4 Å². The van der Waals surface area contributed by atoms with Crippen molar-refractivity contribution in [2.75, 3.05) is 0 Å². The maximum atomic E-state index is 11.4. The molecule has 1 aromatic carbocycles. The van der Waals surface area contributed by atoms with Crippen LogP contribution in [-0.4, -0.2) is 17.5 Å². The van der Waals surface area contributed by atoms with Crippen LogP contribution < -0.4 is 34.7 Å². The topological polar surface area (TPSA) is 97.7 Å². The minimum Gasteiger partial charge on any atom is -0.872 e. The molecule has 2 N–H and O–H groups in total. The SMILES string of the molecule is CCCCCCCCc1ccccc1[O-].O=S(=O)(O)O.[Na+]. The van der Waals surface area contributed by atoms with Gasteiger partial charge in [-0.3, -0.25) is 9.11 Å². The Hall–Kier alpha value is -0.110. The molecule has 0 aliphatic carbocycles. The van der Waals surface area contributed by atoms with E-state index in [2.05, 4.69) is 6.92 Å². The van der Waals surface area contributed by atoms with Gasteiger partial charge in [-0.05, 0) is 12.8 Å². The van der Waals surface area contributed by atoms with Crippen LogP contribution in [0.15, 0.2) is 24.3 Å². The molecule has 1 aromatic rings. The molecule has 0 heterocycles. The molecule has 21 heavy (non-hydrogen) atoms. The van der Waals surface area contributed by atoms with Crippen molar-refractivity contribution in [3.8, 4) is 5.75 Å². The predicted molar refractivity (Wildman–Crippen MR) is 77.1 cm³/mol. The number of aryl methyl sites for hydroxylation is 1. The van der Waals surface area contributed by atoms with E-state index in [1.807, 2.05) is 18.2 Å². The maximum absolute atomic E-state index is 11.4. The van der Waals surface area contributed by atoms with Crippen molar-refractivity contribution < 1.29 is 52.2 Å². The number of rotatable bonds is 7. The van der Waals surface area contributed by atoms with Crippen molar-refractivity contribution in [3.05, 3.63) is 29.8 Å². The van der Waals surface area contributed by atoms with Crippen molar-refractivity contribution in [3.63, 3.8) is 0 Å². The first-order valence-electron chi connectivity index (χ1n) is 6.79. The van der Waals surface area contributed by atoms with Crippen molar-refractivity contribution in [2.24, 2.45) is 0 Å². The Morgan fingerprint density at radius 1 is 1.00 bits per heavy atom. The molecule has 0 aliphatic heterocycles. The van der Waals surface area contributed by atoms with Crippen molar-refractivity contribution >= 4 is 10.4 Å². The Morgan fingerprint density at radius 2 is 1.48 bits per heavy atom. The molecule has 0 fully saturated rings. The molecule has 0 atom stereocenters.